The molecule has 5 aromatic rings. The first-order chi connectivity index (χ1) is 15.7. The number of pyridine rings is 1. The number of carbonyl (C=O) groups excluding carboxylic acids is 1. The van der Waals surface area contributed by atoms with Gasteiger partial charge in [-0.15, -0.1) is 0 Å². The normalized spacial score (nSPS) is 10.8. The number of fused-ring (bicyclic) bond motifs is 2. The summed E-state index contributed by atoms with van der Waals surface area (Å²) in [5.74, 6) is 1.98. The number of anilines is 1. The zero-order valence-electron chi connectivity index (χ0n) is 17.4. The number of aromatic nitrogens is 1. The molecule has 0 aliphatic heterocycles. The Morgan fingerprint density at radius 3 is 2.47 bits per heavy atom. The van der Waals surface area contributed by atoms with Crippen LogP contribution in [-0.4, -0.2) is 18.0 Å². The molecule has 5 rings (SSSR count). The third-order valence-corrected chi connectivity index (χ3v) is 5.27. The Hall–Kier alpha value is -4.38. The summed E-state index contributed by atoms with van der Waals surface area (Å²) in [5.41, 5.74) is 2.16. The van der Waals surface area contributed by atoms with Crippen LogP contribution in [-0.2, 0) is 0 Å². The second-order valence-corrected chi connectivity index (χ2v) is 7.30. The lowest BCUT2D eigenvalue weighted by molar-refractivity contribution is 0.102. The summed E-state index contributed by atoms with van der Waals surface area (Å²) in [6, 6.07) is 28.3. The molecule has 5 heteroatoms. The van der Waals surface area contributed by atoms with Gasteiger partial charge in [0.1, 0.15) is 17.2 Å². The standard InChI is InChI=1S/C27H20N2O3/c1-31-20-10-13-24-25(17-20)28-15-14-26(24)32-21-11-12-22-18(16-21)6-5-9-23(22)27(30)29-19-7-3-2-4-8-19/h2-17H,1H3,(H,29,30). The highest BCUT2D eigenvalue weighted by molar-refractivity contribution is 6.13. The lowest BCUT2D eigenvalue weighted by Crippen LogP contribution is -2.12. The van der Waals surface area contributed by atoms with Crippen molar-refractivity contribution in [3.63, 3.8) is 0 Å². The number of carbonyl (C=O) groups is 1. The molecule has 0 unspecified atom stereocenters. The van der Waals surface area contributed by atoms with E-state index in [1.165, 1.54) is 0 Å². The predicted octanol–water partition coefficient (Wildman–Crippen LogP) is 6.44. The van der Waals surface area contributed by atoms with E-state index in [0.717, 1.165) is 33.1 Å². The summed E-state index contributed by atoms with van der Waals surface area (Å²) in [6.45, 7) is 0. The Labute approximate surface area is 185 Å². The summed E-state index contributed by atoms with van der Waals surface area (Å²) < 4.78 is 11.5. The molecule has 0 aliphatic rings. The van der Waals surface area contributed by atoms with Crippen LogP contribution in [0.3, 0.4) is 0 Å². The Balaban J connectivity index is 1.46. The van der Waals surface area contributed by atoms with Gasteiger partial charge in [0, 0.05) is 28.9 Å². The highest BCUT2D eigenvalue weighted by atomic mass is 16.5. The van der Waals surface area contributed by atoms with E-state index in [4.69, 9.17) is 9.47 Å². The average Bonchev–Trinajstić information content (AvgIpc) is 2.84. The summed E-state index contributed by atoms with van der Waals surface area (Å²) in [6.07, 6.45) is 1.71. The molecule has 1 heterocycles. The van der Waals surface area contributed by atoms with Crippen LogP contribution in [0.25, 0.3) is 21.7 Å². The van der Waals surface area contributed by atoms with Gasteiger partial charge < -0.3 is 14.8 Å². The lowest BCUT2D eigenvalue weighted by Gasteiger charge is -2.12. The number of nitrogens with zero attached hydrogens (tertiary/aromatic N) is 1. The van der Waals surface area contributed by atoms with Crippen molar-refractivity contribution in [3.05, 3.63) is 103 Å². The van der Waals surface area contributed by atoms with Crippen molar-refractivity contribution in [1.82, 2.24) is 4.98 Å². The number of nitrogens with one attached hydrogen (secondary N) is 1. The van der Waals surface area contributed by atoms with Crippen LogP contribution in [0, 0.1) is 0 Å². The van der Waals surface area contributed by atoms with E-state index >= 15 is 0 Å². The summed E-state index contributed by atoms with van der Waals surface area (Å²) >= 11 is 0. The van der Waals surface area contributed by atoms with Crippen LogP contribution >= 0.6 is 0 Å². The highest BCUT2D eigenvalue weighted by Gasteiger charge is 2.12. The topological polar surface area (TPSA) is 60.5 Å². The van der Waals surface area contributed by atoms with Gasteiger partial charge in [0.2, 0.25) is 0 Å². The number of ether oxygens (including phenoxy) is 2. The smallest absolute Gasteiger partial charge is 0.256 e. The van der Waals surface area contributed by atoms with Gasteiger partial charge in [0.25, 0.3) is 5.91 Å². The largest absolute Gasteiger partial charge is 0.497 e. The van der Waals surface area contributed by atoms with Crippen LogP contribution in [0.2, 0.25) is 0 Å². The van der Waals surface area contributed by atoms with Crippen molar-refractivity contribution in [2.24, 2.45) is 0 Å². The lowest BCUT2D eigenvalue weighted by atomic mass is 10.0. The third-order valence-electron chi connectivity index (χ3n) is 5.27. The quantitative estimate of drug-likeness (QED) is 0.355. The molecular weight excluding hydrogens is 400 g/mol. The summed E-state index contributed by atoms with van der Waals surface area (Å²) in [5, 5.41) is 5.62. The SMILES string of the molecule is COc1ccc2c(Oc3ccc4c(C(=O)Nc5ccccc5)cccc4c3)ccnc2c1. The fourth-order valence-electron chi connectivity index (χ4n) is 3.69. The number of methoxy groups -OCH3 is 1. The van der Waals surface area contributed by atoms with E-state index in [-0.39, 0.29) is 5.91 Å². The number of benzene rings is 4. The summed E-state index contributed by atoms with van der Waals surface area (Å²) in [4.78, 5) is 17.2. The average molecular weight is 420 g/mol. The van der Waals surface area contributed by atoms with Gasteiger partial charge in [-0.1, -0.05) is 30.3 Å². The Bertz CT molecular complexity index is 1430. The zero-order chi connectivity index (χ0) is 21.9. The minimum Gasteiger partial charge on any atom is -0.497 e. The molecule has 1 aromatic heterocycles. The van der Waals surface area contributed by atoms with Gasteiger partial charge >= 0.3 is 0 Å². The van der Waals surface area contributed by atoms with Gasteiger partial charge in [0.05, 0.1) is 12.6 Å². The molecule has 4 aromatic carbocycles. The first-order valence-corrected chi connectivity index (χ1v) is 10.2. The van der Waals surface area contributed by atoms with E-state index < -0.39 is 0 Å². The fraction of sp³-hybridized carbons (Fsp3) is 0.0370. The first-order valence-electron chi connectivity index (χ1n) is 10.2. The minimum absolute atomic E-state index is 0.149. The van der Waals surface area contributed by atoms with E-state index in [1.54, 1.807) is 13.3 Å². The van der Waals surface area contributed by atoms with Crippen molar-refractivity contribution in [2.75, 3.05) is 12.4 Å². The molecule has 5 nitrogen and oxygen atoms in total. The van der Waals surface area contributed by atoms with E-state index in [0.29, 0.717) is 17.1 Å². The van der Waals surface area contributed by atoms with Crippen molar-refractivity contribution >= 4 is 33.3 Å². The molecule has 0 spiro atoms. The van der Waals surface area contributed by atoms with E-state index in [9.17, 15) is 4.79 Å². The molecule has 0 atom stereocenters. The number of amides is 1. The van der Waals surface area contributed by atoms with Gasteiger partial charge in [-0.2, -0.15) is 0 Å². The Kier molecular flexibility index (Phi) is 5.14. The molecule has 0 saturated carbocycles. The predicted molar refractivity (Wildman–Crippen MR) is 127 cm³/mol. The Morgan fingerprint density at radius 2 is 1.62 bits per heavy atom. The van der Waals surface area contributed by atoms with E-state index in [2.05, 4.69) is 10.3 Å². The molecule has 0 saturated heterocycles. The highest BCUT2D eigenvalue weighted by Crippen LogP contribution is 2.32. The number of para-hydroxylation sites is 1. The van der Waals surface area contributed by atoms with Crippen LogP contribution in [0.4, 0.5) is 5.69 Å². The molecule has 0 fully saturated rings. The van der Waals surface area contributed by atoms with Gasteiger partial charge in [0.15, 0.2) is 0 Å². The van der Waals surface area contributed by atoms with Crippen LogP contribution < -0.4 is 14.8 Å². The molecule has 32 heavy (non-hydrogen) atoms. The van der Waals surface area contributed by atoms with Crippen molar-refractivity contribution in [2.45, 2.75) is 0 Å². The monoisotopic (exact) mass is 420 g/mol. The molecule has 0 aliphatic carbocycles. The Morgan fingerprint density at radius 1 is 0.812 bits per heavy atom. The molecular formula is C27H20N2O3. The molecule has 0 radical (unpaired) electrons. The minimum atomic E-state index is -0.149. The number of hydrogen-bond donors (Lipinski definition) is 1. The van der Waals surface area contributed by atoms with Gasteiger partial charge in [-0.25, -0.2) is 0 Å². The van der Waals surface area contributed by atoms with Crippen molar-refractivity contribution < 1.29 is 14.3 Å². The van der Waals surface area contributed by atoms with Crippen LogP contribution in [0.5, 0.6) is 17.2 Å². The second kappa shape index (κ2) is 8.40. The molecule has 0 bridgehead atoms. The zero-order valence-corrected chi connectivity index (χ0v) is 17.4. The number of hydrogen-bond acceptors (Lipinski definition) is 4. The summed E-state index contributed by atoms with van der Waals surface area (Å²) in [7, 11) is 1.63. The maximum atomic E-state index is 12.8. The van der Waals surface area contributed by atoms with Crippen molar-refractivity contribution in [1.29, 1.82) is 0 Å². The van der Waals surface area contributed by atoms with Gasteiger partial charge in [-0.05, 0) is 65.4 Å². The van der Waals surface area contributed by atoms with Crippen LogP contribution in [0.1, 0.15) is 10.4 Å². The maximum absolute atomic E-state index is 12.8. The molecule has 1 N–H and O–H groups in total. The fourth-order valence-corrected chi connectivity index (χ4v) is 3.69. The van der Waals surface area contributed by atoms with E-state index in [1.807, 2.05) is 91.0 Å². The molecule has 1 amide bonds. The molecule has 156 valence electrons. The van der Waals surface area contributed by atoms with Gasteiger partial charge in [-0.3, -0.25) is 9.78 Å². The van der Waals surface area contributed by atoms with Crippen LogP contribution in [0.15, 0.2) is 97.2 Å². The van der Waals surface area contributed by atoms with Crippen molar-refractivity contribution in [3.8, 4) is 17.2 Å². The number of rotatable bonds is 5. The maximum Gasteiger partial charge on any atom is 0.256 e. The second-order valence-electron chi connectivity index (χ2n) is 7.30. The first kappa shape index (κ1) is 19.6. The third kappa shape index (κ3) is 3.84.